The van der Waals surface area contributed by atoms with Crippen molar-refractivity contribution in [2.24, 2.45) is 0 Å². The van der Waals surface area contributed by atoms with Crippen LogP contribution in [0.1, 0.15) is 19.8 Å². The largest absolute Gasteiger partial charge is 0.377 e. The molecule has 3 aliphatic rings. The van der Waals surface area contributed by atoms with Gasteiger partial charge in [0.25, 0.3) is 5.92 Å². The van der Waals surface area contributed by atoms with Crippen LogP contribution in [-0.2, 0) is 19.6 Å². The molecule has 0 spiro atoms. The predicted octanol–water partition coefficient (Wildman–Crippen LogP) is 3.09. The Bertz CT molecular complexity index is 1460. The van der Waals surface area contributed by atoms with E-state index in [0.29, 0.717) is 48.6 Å². The van der Waals surface area contributed by atoms with E-state index in [1.54, 1.807) is 34.2 Å². The lowest BCUT2D eigenvalue weighted by Gasteiger charge is -2.43. The molecule has 2 atom stereocenters. The molecule has 5 heterocycles. The van der Waals surface area contributed by atoms with Crippen molar-refractivity contribution in [1.29, 1.82) is 0 Å². The van der Waals surface area contributed by atoms with E-state index in [9.17, 15) is 22.0 Å². The molecule has 202 valence electrons. The van der Waals surface area contributed by atoms with Crippen molar-refractivity contribution < 1.29 is 26.7 Å². The van der Waals surface area contributed by atoms with Gasteiger partial charge in [0.05, 0.1) is 47.4 Å². The first-order valence-electron chi connectivity index (χ1n) is 12.8. The third-order valence-corrected chi connectivity index (χ3v) is 9.57. The number of morpholine rings is 1. The molecule has 3 aliphatic heterocycles. The fourth-order valence-electron chi connectivity index (χ4n) is 5.49. The van der Waals surface area contributed by atoms with E-state index in [2.05, 4.69) is 9.97 Å². The Balaban J connectivity index is 1.36. The fourth-order valence-corrected chi connectivity index (χ4v) is 7.14. The van der Waals surface area contributed by atoms with Gasteiger partial charge in [-0.05, 0) is 49.7 Å². The molecule has 12 heteroatoms. The number of pyridine rings is 1. The number of H-pyrrole nitrogens is 1. The molecular formula is C26H29F2N5O4S. The molecule has 3 fully saturated rings. The second kappa shape index (κ2) is 9.28. The van der Waals surface area contributed by atoms with Gasteiger partial charge in [0.2, 0.25) is 15.9 Å². The SMILES string of the molecule is C[C@H]1COCCN1C(=O)[C@@H]1CCN1S(=O)(=O)c1ccc(N2CCC(F)(F)C2)c(-c2cc3ncccc3[nH]2)c1. The lowest BCUT2D eigenvalue weighted by molar-refractivity contribution is -0.146. The maximum Gasteiger partial charge on any atom is 0.266 e. The van der Waals surface area contributed by atoms with Crippen molar-refractivity contribution in [2.75, 3.05) is 44.3 Å². The molecule has 38 heavy (non-hydrogen) atoms. The van der Waals surface area contributed by atoms with E-state index >= 15 is 0 Å². The zero-order valence-electron chi connectivity index (χ0n) is 20.9. The molecule has 3 saturated heterocycles. The van der Waals surface area contributed by atoms with Crippen LogP contribution in [0.4, 0.5) is 14.5 Å². The van der Waals surface area contributed by atoms with E-state index in [0.717, 1.165) is 5.52 Å². The summed E-state index contributed by atoms with van der Waals surface area (Å²) >= 11 is 0. The number of benzene rings is 1. The van der Waals surface area contributed by atoms with Crippen LogP contribution in [0.3, 0.4) is 0 Å². The summed E-state index contributed by atoms with van der Waals surface area (Å²) in [6.07, 6.45) is 1.83. The van der Waals surface area contributed by atoms with Crippen LogP contribution in [0, 0.1) is 0 Å². The zero-order valence-corrected chi connectivity index (χ0v) is 21.8. The number of hydrogen-bond acceptors (Lipinski definition) is 6. The average Bonchev–Trinajstić information content (AvgIpc) is 3.45. The minimum Gasteiger partial charge on any atom is -0.377 e. The molecule has 0 bridgehead atoms. The van der Waals surface area contributed by atoms with Crippen molar-refractivity contribution in [2.45, 2.75) is 42.7 Å². The number of rotatable bonds is 5. The monoisotopic (exact) mass is 545 g/mol. The summed E-state index contributed by atoms with van der Waals surface area (Å²) in [5, 5.41) is 0. The lowest BCUT2D eigenvalue weighted by Crippen LogP contribution is -2.61. The van der Waals surface area contributed by atoms with Crippen molar-refractivity contribution in [3.63, 3.8) is 0 Å². The Morgan fingerprint density at radius 1 is 1.18 bits per heavy atom. The van der Waals surface area contributed by atoms with Gasteiger partial charge in [-0.2, -0.15) is 4.31 Å². The van der Waals surface area contributed by atoms with Crippen LogP contribution < -0.4 is 4.90 Å². The molecule has 1 amide bonds. The number of carbonyl (C=O) groups excluding carboxylic acids is 1. The Morgan fingerprint density at radius 3 is 2.71 bits per heavy atom. The first-order chi connectivity index (χ1) is 18.1. The van der Waals surface area contributed by atoms with Gasteiger partial charge in [-0.1, -0.05) is 0 Å². The summed E-state index contributed by atoms with van der Waals surface area (Å²) < 4.78 is 62.4. The van der Waals surface area contributed by atoms with Crippen LogP contribution in [-0.4, -0.2) is 90.9 Å². The second-order valence-corrected chi connectivity index (χ2v) is 12.1. The van der Waals surface area contributed by atoms with E-state index < -0.39 is 28.5 Å². The number of anilines is 1. The third kappa shape index (κ3) is 4.34. The van der Waals surface area contributed by atoms with Gasteiger partial charge in [0.15, 0.2) is 0 Å². The van der Waals surface area contributed by atoms with E-state index in [-0.39, 0.29) is 36.4 Å². The van der Waals surface area contributed by atoms with Gasteiger partial charge in [-0.25, -0.2) is 17.2 Å². The fraction of sp³-hybridized carbons (Fsp3) is 0.462. The maximum absolute atomic E-state index is 14.1. The molecule has 9 nitrogen and oxygen atoms in total. The summed E-state index contributed by atoms with van der Waals surface area (Å²) in [7, 11) is -4.02. The number of fused-ring (bicyclic) bond motifs is 1. The standard InChI is InChI=1S/C26H29F2N5O4S/c1-17-15-37-12-11-32(17)25(34)24-6-9-33(24)38(35,36)18-4-5-23(31-10-7-26(27,28)16-31)19(13-18)21-14-22-20(30-21)3-2-8-29-22/h2-5,8,13-14,17,24,30H,6-7,9-12,15-16H2,1H3/t17-,24-/m0/s1. The first kappa shape index (κ1) is 25.2. The molecule has 1 N–H and O–H groups in total. The minimum atomic E-state index is -4.02. The number of halogens is 2. The van der Waals surface area contributed by atoms with Crippen LogP contribution in [0.25, 0.3) is 22.3 Å². The van der Waals surface area contributed by atoms with Gasteiger partial charge in [-0.3, -0.25) is 9.78 Å². The van der Waals surface area contributed by atoms with Gasteiger partial charge in [-0.15, -0.1) is 0 Å². The summed E-state index contributed by atoms with van der Waals surface area (Å²) in [6, 6.07) is 9.07. The quantitative estimate of drug-likeness (QED) is 0.529. The summed E-state index contributed by atoms with van der Waals surface area (Å²) in [6.45, 7) is 3.12. The summed E-state index contributed by atoms with van der Waals surface area (Å²) in [5.74, 6) is -3.03. The van der Waals surface area contributed by atoms with Gasteiger partial charge < -0.3 is 19.5 Å². The molecule has 2 aromatic heterocycles. The number of ether oxygens (including phenoxy) is 1. The summed E-state index contributed by atoms with van der Waals surface area (Å²) in [4.78, 5) is 24.1. The number of aromatic nitrogens is 2. The number of carbonyl (C=O) groups is 1. The minimum absolute atomic E-state index is 0.0151. The Hall–Kier alpha value is -3.09. The highest BCUT2D eigenvalue weighted by Gasteiger charge is 2.46. The number of nitrogens with one attached hydrogen (secondary N) is 1. The zero-order chi connectivity index (χ0) is 26.7. The topological polar surface area (TPSA) is 98.8 Å². The van der Waals surface area contributed by atoms with Crippen LogP contribution in [0.2, 0.25) is 0 Å². The average molecular weight is 546 g/mol. The van der Waals surface area contributed by atoms with Crippen LogP contribution >= 0.6 is 0 Å². The number of nitrogens with zero attached hydrogens (tertiary/aromatic N) is 4. The first-order valence-corrected chi connectivity index (χ1v) is 14.2. The lowest BCUT2D eigenvalue weighted by atomic mass is 10.0. The van der Waals surface area contributed by atoms with Crippen LogP contribution in [0.15, 0.2) is 47.5 Å². The molecule has 0 aliphatic carbocycles. The van der Waals surface area contributed by atoms with Gasteiger partial charge in [0, 0.05) is 43.5 Å². The van der Waals surface area contributed by atoms with Crippen molar-refractivity contribution in [3.8, 4) is 11.3 Å². The smallest absolute Gasteiger partial charge is 0.266 e. The Labute approximate surface area is 219 Å². The van der Waals surface area contributed by atoms with Gasteiger partial charge >= 0.3 is 0 Å². The van der Waals surface area contributed by atoms with E-state index in [1.165, 1.54) is 16.4 Å². The number of sulfonamides is 1. The number of hydrogen-bond donors (Lipinski definition) is 1. The highest BCUT2D eigenvalue weighted by Crippen LogP contribution is 2.40. The third-order valence-electron chi connectivity index (χ3n) is 7.67. The normalized spacial score (nSPS) is 24.1. The molecule has 0 radical (unpaired) electrons. The highest BCUT2D eigenvalue weighted by molar-refractivity contribution is 7.89. The molecule has 0 saturated carbocycles. The van der Waals surface area contributed by atoms with Crippen LogP contribution in [0.5, 0.6) is 0 Å². The molecular weight excluding hydrogens is 516 g/mol. The second-order valence-electron chi connectivity index (χ2n) is 10.2. The number of amides is 1. The van der Waals surface area contributed by atoms with Crippen molar-refractivity contribution in [1.82, 2.24) is 19.2 Å². The summed E-state index contributed by atoms with van der Waals surface area (Å²) in [5.41, 5.74) is 3.03. The van der Waals surface area contributed by atoms with E-state index in [4.69, 9.17) is 4.74 Å². The highest BCUT2D eigenvalue weighted by atomic mass is 32.2. The maximum atomic E-state index is 14.1. The predicted molar refractivity (Wildman–Crippen MR) is 138 cm³/mol. The molecule has 1 aromatic carbocycles. The van der Waals surface area contributed by atoms with Gasteiger partial charge in [0.1, 0.15) is 6.04 Å². The van der Waals surface area contributed by atoms with Crippen molar-refractivity contribution in [3.05, 3.63) is 42.6 Å². The molecule has 3 aromatic rings. The molecule has 6 rings (SSSR count). The van der Waals surface area contributed by atoms with E-state index in [1.807, 2.05) is 13.0 Å². The number of aromatic amines is 1. The Kier molecular flexibility index (Phi) is 6.15. The molecule has 0 unspecified atom stereocenters. The number of alkyl halides is 2. The van der Waals surface area contributed by atoms with Crippen molar-refractivity contribution >= 4 is 32.7 Å². The Morgan fingerprint density at radius 2 is 2.03 bits per heavy atom.